The number of aromatic nitrogens is 1. The van der Waals surface area contributed by atoms with Gasteiger partial charge < -0.3 is 19.4 Å². The maximum atomic E-state index is 12.5. The lowest BCUT2D eigenvalue weighted by atomic mass is 10.3. The lowest BCUT2D eigenvalue weighted by molar-refractivity contribution is 0.123. The van der Waals surface area contributed by atoms with Crippen LogP contribution in [0.1, 0.15) is 6.42 Å². The van der Waals surface area contributed by atoms with E-state index in [1.807, 2.05) is 21.9 Å². The molecule has 120 valence electrons. The first-order chi connectivity index (χ1) is 10.6. The second-order valence-corrected chi connectivity index (χ2v) is 6.69. The molecular formula is C15H21BrN4O2. The number of carbonyl (C=O) groups excluding carboxylic acids is 1. The van der Waals surface area contributed by atoms with Crippen LogP contribution in [0.15, 0.2) is 22.8 Å². The SMILES string of the molecule is CN1CCN(C(=O)N2CCC(Oc3ncccc3Br)C2)CC1. The number of likely N-dealkylation sites (tertiary alicyclic amines) is 1. The molecule has 3 heterocycles. The van der Waals surface area contributed by atoms with Crippen molar-refractivity contribution in [2.75, 3.05) is 46.3 Å². The summed E-state index contributed by atoms with van der Waals surface area (Å²) < 4.78 is 6.76. The topological polar surface area (TPSA) is 48.9 Å². The monoisotopic (exact) mass is 368 g/mol. The van der Waals surface area contributed by atoms with Gasteiger partial charge in [-0.1, -0.05) is 0 Å². The molecule has 6 nitrogen and oxygen atoms in total. The maximum absolute atomic E-state index is 12.5. The van der Waals surface area contributed by atoms with Gasteiger partial charge in [0.15, 0.2) is 0 Å². The molecule has 2 aliphatic rings. The molecule has 0 aliphatic carbocycles. The third kappa shape index (κ3) is 3.52. The summed E-state index contributed by atoms with van der Waals surface area (Å²) in [5.41, 5.74) is 0. The summed E-state index contributed by atoms with van der Waals surface area (Å²) in [7, 11) is 2.09. The first-order valence-electron chi connectivity index (χ1n) is 7.63. The maximum Gasteiger partial charge on any atom is 0.320 e. The van der Waals surface area contributed by atoms with E-state index in [-0.39, 0.29) is 12.1 Å². The van der Waals surface area contributed by atoms with E-state index in [0.717, 1.165) is 43.6 Å². The van der Waals surface area contributed by atoms with Crippen LogP contribution in [0.2, 0.25) is 0 Å². The smallest absolute Gasteiger partial charge is 0.320 e. The molecule has 3 rings (SSSR count). The highest BCUT2D eigenvalue weighted by molar-refractivity contribution is 9.10. The molecule has 0 N–H and O–H groups in total. The number of amides is 2. The number of ether oxygens (including phenoxy) is 1. The molecule has 2 fully saturated rings. The predicted octanol–water partition coefficient (Wildman–Crippen LogP) is 1.66. The van der Waals surface area contributed by atoms with Crippen LogP contribution < -0.4 is 4.74 Å². The number of halogens is 1. The average Bonchev–Trinajstić information content (AvgIpc) is 2.98. The summed E-state index contributed by atoms with van der Waals surface area (Å²) in [5.74, 6) is 0.599. The van der Waals surface area contributed by atoms with Crippen molar-refractivity contribution in [2.45, 2.75) is 12.5 Å². The average molecular weight is 369 g/mol. The van der Waals surface area contributed by atoms with Crippen molar-refractivity contribution in [1.82, 2.24) is 19.7 Å². The number of urea groups is 1. The Morgan fingerprint density at radius 3 is 2.77 bits per heavy atom. The van der Waals surface area contributed by atoms with E-state index in [4.69, 9.17) is 4.74 Å². The van der Waals surface area contributed by atoms with Crippen molar-refractivity contribution >= 4 is 22.0 Å². The Kier molecular flexibility index (Phi) is 4.83. The van der Waals surface area contributed by atoms with Gasteiger partial charge in [0.25, 0.3) is 0 Å². The molecule has 22 heavy (non-hydrogen) atoms. The number of likely N-dealkylation sites (N-methyl/N-ethyl adjacent to an activating group) is 1. The van der Waals surface area contributed by atoms with Gasteiger partial charge in [-0.05, 0) is 35.1 Å². The number of carbonyl (C=O) groups is 1. The standard InChI is InChI=1S/C15H21BrN4O2/c1-18-7-9-19(10-8-18)15(21)20-6-4-12(11-20)22-14-13(16)3-2-5-17-14/h2-3,5,12H,4,6-11H2,1H3. The third-order valence-corrected chi connectivity index (χ3v) is 4.80. The van der Waals surface area contributed by atoms with E-state index in [2.05, 4.69) is 32.9 Å². The summed E-state index contributed by atoms with van der Waals surface area (Å²) in [4.78, 5) is 22.8. The zero-order chi connectivity index (χ0) is 15.5. The van der Waals surface area contributed by atoms with E-state index in [1.54, 1.807) is 6.20 Å². The van der Waals surface area contributed by atoms with Gasteiger partial charge in [0, 0.05) is 45.3 Å². The van der Waals surface area contributed by atoms with E-state index in [1.165, 1.54) is 0 Å². The molecule has 1 unspecified atom stereocenters. The van der Waals surface area contributed by atoms with Gasteiger partial charge in [-0.25, -0.2) is 9.78 Å². The van der Waals surface area contributed by atoms with Crippen molar-refractivity contribution in [2.24, 2.45) is 0 Å². The minimum absolute atomic E-state index is 0.0163. The summed E-state index contributed by atoms with van der Waals surface area (Å²) in [6, 6.07) is 3.90. The molecule has 0 bridgehead atoms. The zero-order valence-electron chi connectivity index (χ0n) is 12.7. The van der Waals surface area contributed by atoms with Crippen molar-refractivity contribution in [3.05, 3.63) is 22.8 Å². The van der Waals surface area contributed by atoms with Crippen LogP contribution in [-0.2, 0) is 0 Å². The molecule has 2 amide bonds. The van der Waals surface area contributed by atoms with Gasteiger partial charge in [-0.3, -0.25) is 0 Å². The summed E-state index contributed by atoms with van der Waals surface area (Å²) in [6.07, 6.45) is 2.58. The Bertz CT molecular complexity index is 534. The Balaban J connectivity index is 1.54. The summed E-state index contributed by atoms with van der Waals surface area (Å²) in [5, 5.41) is 0. The van der Waals surface area contributed by atoms with Crippen LogP contribution in [0, 0.1) is 0 Å². The third-order valence-electron chi connectivity index (χ3n) is 4.19. The number of pyridine rings is 1. The van der Waals surface area contributed by atoms with Gasteiger partial charge in [-0.15, -0.1) is 0 Å². The van der Waals surface area contributed by atoms with Gasteiger partial charge in [0.2, 0.25) is 5.88 Å². The Labute approximate surface area is 139 Å². The van der Waals surface area contributed by atoms with E-state index < -0.39 is 0 Å². The lowest BCUT2D eigenvalue weighted by Gasteiger charge is -2.34. The van der Waals surface area contributed by atoms with Gasteiger partial charge in [0.05, 0.1) is 11.0 Å². The number of nitrogens with zero attached hydrogens (tertiary/aromatic N) is 4. The summed E-state index contributed by atoms with van der Waals surface area (Å²) >= 11 is 3.43. The molecule has 0 spiro atoms. The van der Waals surface area contributed by atoms with Crippen molar-refractivity contribution in [3.8, 4) is 5.88 Å². The fourth-order valence-electron chi connectivity index (χ4n) is 2.81. The van der Waals surface area contributed by atoms with Crippen molar-refractivity contribution in [3.63, 3.8) is 0 Å². The molecule has 2 aliphatic heterocycles. The molecule has 0 radical (unpaired) electrons. The minimum atomic E-state index is 0.0163. The minimum Gasteiger partial charge on any atom is -0.472 e. The van der Waals surface area contributed by atoms with Gasteiger partial charge >= 0.3 is 6.03 Å². The van der Waals surface area contributed by atoms with Crippen molar-refractivity contribution in [1.29, 1.82) is 0 Å². The molecule has 1 atom stereocenters. The Hall–Kier alpha value is -1.34. The Morgan fingerprint density at radius 2 is 2.05 bits per heavy atom. The molecular weight excluding hydrogens is 348 g/mol. The largest absolute Gasteiger partial charge is 0.472 e. The highest BCUT2D eigenvalue weighted by atomic mass is 79.9. The highest BCUT2D eigenvalue weighted by Gasteiger charge is 2.31. The van der Waals surface area contributed by atoms with Gasteiger partial charge in [-0.2, -0.15) is 0 Å². The number of hydrogen-bond acceptors (Lipinski definition) is 4. The van der Waals surface area contributed by atoms with Crippen LogP contribution in [0.4, 0.5) is 4.79 Å². The highest BCUT2D eigenvalue weighted by Crippen LogP contribution is 2.24. The van der Waals surface area contributed by atoms with Crippen LogP contribution in [-0.4, -0.2) is 78.1 Å². The molecule has 1 aromatic heterocycles. The fraction of sp³-hybridized carbons (Fsp3) is 0.600. The van der Waals surface area contributed by atoms with E-state index in [9.17, 15) is 4.79 Å². The number of piperazine rings is 1. The van der Waals surface area contributed by atoms with Gasteiger partial charge in [0.1, 0.15) is 6.10 Å². The zero-order valence-corrected chi connectivity index (χ0v) is 14.3. The second kappa shape index (κ2) is 6.83. The first kappa shape index (κ1) is 15.6. The number of hydrogen-bond donors (Lipinski definition) is 0. The van der Waals surface area contributed by atoms with Crippen molar-refractivity contribution < 1.29 is 9.53 Å². The molecule has 1 aromatic rings. The quantitative estimate of drug-likeness (QED) is 0.796. The molecule has 2 saturated heterocycles. The Morgan fingerprint density at radius 1 is 1.27 bits per heavy atom. The first-order valence-corrected chi connectivity index (χ1v) is 8.42. The summed E-state index contributed by atoms with van der Waals surface area (Å²) in [6.45, 7) is 4.89. The second-order valence-electron chi connectivity index (χ2n) is 5.84. The molecule has 7 heteroatoms. The lowest BCUT2D eigenvalue weighted by Crippen LogP contribution is -2.51. The normalized spacial score (nSPS) is 22.9. The predicted molar refractivity (Wildman–Crippen MR) is 87.0 cm³/mol. The molecule has 0 saturated carbocycles. The van der Waals surface area contributed by atoms with Crippen LogP contribution >= 0.6 is 15.9 Å². The van der Waals surface area contributed by atoms with E-state index >= 15 is 0 Å². The van der Waals surface area contributed by atoms with Crippen LogP contribution in [0.3, 0.4) is 0 Å². The number of rotatable bonds is 2. The molecule has 0 aromatic carbocycles. The van der Waals surface area contributed by atoms with E-state index in [0.29, 0.717) is 12.4 Å². The van der Waals surface area contributed by atoms with Crippen LogP contribution in [0.5, 0.6) is 5.88 Å². The van der Waals surface area contributed by atoms with Crippen LogP contribution in [0.25, 0.3) is 0 Å². The fourth-order valence-corrected chi connectivity index (χ4v) is 3.16.